The Kier molecular flexibility index (Phi) is 4.72. The lowest BCUT2D eigenvalue weighted by Gasteiger charge is -2.24. The first-order chi connectivity index (χ1) is 7.22. The number of nitrogens with one attached hydrogen (secondary N) is 1. The molecule has 3 nitrogen and oxygen atoms in total. The van der Waals surface area contributed by atoms with Crippen molar-refractivity contribution in [2.45, 2.75) is 39.7 Å². The van der Waals surface area contributed by atoms with Crippen molar-refractivity contribution in [2.75, 3.05) is 0 Å². The van der Waals surface area contributed by atoms with Gasteiger partial charge in [0.2, 0.25) is 0 Å². The first-order valence-electron chi connectivity index (χ1n) is 5.61. The van der Waals surface area contributed by atoms with Gasteiger partial charge < -0.3 is 0 Å². The van der Waals surface area contributed by atoms with E-state index in [1.807, 2.05) is 19.2 Å². The number of nitrogens with two attached hydrogens (primary N) is 1. The van der Waals surface area contributed by atoms with Crippen molar-refractivity contribution in [3.63, 3.8) is 0 Å². The van der Waals surface area contributed by atoms with Crippen LogP contribution < -0.4 is 11.3 Å². The fourth-order valence-electron chi connectivity index (χ4n) is 1.93. The zero-order chi connectivity index (χ0) is 11.3. The van der Waals surface area contributed by atoms with Crippen LogP contribution in [0.25, 0.3) is 0 Å². The molecule has 1 aromatic rings. The molecule has 3 heteroatoms. The largest absolute Gasteiger partial charge is 0.271 e. The van der Waals surface area contributed by atoms with Gasteiger partial charge in [-0.15, -0.1) is 0 Å². The van der Waals surface area contributed by atoms with Crippen LogP contribution >= 0.6 is 0 Å². The summed E-state index contributed by atoms with van der Waals surface area (Å²) < 4.78 is 0. The van der Waals surface area contributed by atoms with E-state index in [0.717, 1.165) is 18.5 Å². The van der Waals surface area contributed by atoms with Crippen LogP contribution in [0.2, 0.25) is 0 Å². The summed E-state index contributed by atoms with van der Waals surface area (Å²) >= 11 is 0. The lowest BCUT2D eigenvalue weighted by molar-refractivity contribution is 0.345. The lowest BCUT2D eigenvalue weighted by Crippen LogP contribution is -2.33. The molecule has 1 rings (SSSR count). The molecule has 0 spiro atoms. The maximum absolute atomic E-state index is 5.62. The van der Waals surface area contributed by atoms with E-state index in [2.05, 4.69) is 30.3 Å². The lowest BCUT2D eigenvalue weighted by atomic mass is 9.90. The molecule has 0 fully saturated rings. The summed E-state index contributed by atoms with van der Waals surface area (Å²) in [5.74, 6) is 6.19. The standard InChI is InChI=1S/C12H21N3/c1-4-10(5-2)12(15-13)11-7-6-9(3)14-8-11/h6-8,10,12,15H,4-5,13H2,1-3H3. The summed E-state index contributed by atoms with van der Waals surface area (Å²) in [5, 5.41) is 0. The van der Waals surface area contributed by atoms with Gasteiger partial charge in [-0.3, -0.25) is 16.3 Å². The van der Waals surface area contributed by atoms with Crippen LogP contribution in [0.4, 0.5) is 0 Å². The van der Waals surface area contributed by atoms with Gasteiger partial charge in [-0.05, 0) is 24.5 Å². The van der Waals surface area contributed by atoms with Crippen LogP contribution in [0.3, 0.4) is 0 Å². The van der Waals surface area contributed by atoms with Crippen LogP contribution in [0, 0.1) is 12.8 Å². The molecule has 0 radical (unpaired) electrons. The van der Waals surface area contributed by atoms with Crippen molar-refractivity contribution in [1.82, 2.24) is 10.4 Å². The van der Waals surface area contributed by atoms with Crippen LogP contribution in [0.1, 0.15) is 44.0 Å². The molecule has 0 aromatic carbocycles. The second-order valence-electron chi connectivity index (χ2n) is 3.95. The zero-order valence-corrected chi connectivity index (χ0v) is 9.83. The number of rotatable bonds is 5. The quantitative estimate of drug-likeness (QED) is 0.575. The van der Waals surface area contributed by atoms with Crippen molar-refractivity contribution in [3.05, 3.63) is 29.6 Å². The van der Waals surface area contributed by atoms with E-state index >= 15 is 0 Å². The van der Waals surface area contributed by atoms with E-state index < -0.39 is 0 Å². The highest BCUT2D eigenvalue weighted by molar-refractivity contribution is 5.17. The molecule has 84 valence electrons. The molecule has 3 N–H and O–H groups in total. The predicted octanol–water partition coefficient (Wildman–Crippen LogP) is 2.33. The van der Waals surface area contributed by atoms with E-state index in [9.17, 15) is 0 Å². The number of hydrazine groups is 1. The first-order valence-corrected chi connectivity index (χ1v) is 5.61. The number of aryl methyl sites for hydroxylation is 1. The Morgan fingerprint density at radius 1 is 1.33 bits per heavy atom. The molecule has 1 atom stereocenters. The molecule has 0 amide bonds. The second kappa shape index (κ2) is 5.83. The Morgan fingerprint density at radius 3 is 2.40 bits per heavy atom. The van der Waals surface area contributed by atoms with E-state index in [1.54, 1.807) is 0 Å². The number of pyridine rings is 1. The smallest absolute Gasteiger partial charge is 0.0503 e. The molecule has 15 heavy (non-hydrogen) atoms. The van der Waals surface area contributed by atoms with Crippen LogP contribution in [0.5, 0.6) is 0 Å². The average molecular weight is 207 g/mol. The zero-order valence-electron chi connectivity index (χ0n) is 9.83. The second-order valence-corrected chi connectivity index (χ2v) is 3.95. The van der Waals surface area contributed by atoms with Crippen LogP contribution in [-0.2, 0) is 0 Å². The van der Waals surface area contributed by atoms with E-state index in [1.165, 1.54) is 5.56 Å². The topological polar surface area (TPSA) is 50.9 Å². The third kappa shape index (κ3) is 3.01. The summed E-state index contributed by atoms with van der Waals surface area (Å²) in [6.07, 6.45) is 4.16. The monoisotopic (exact) mass is 207 g/mol. The Hall–Kier alpha value is -0.930. The number of nitrogens with zero attached hydrogens (tertiary/aromatic N) is 1. The van der Waals surface area contributed by atoms with Gasteiger partial charge in [0.05, 0.1) is 6.04 Å². The van der Waals surface area contributed by atoms with Gasteiger partial charge in [-0.2, -0.15) is 0 Å². The van der Waals surface area contributed by atoms with Gasteiger partial charge in [0.25, 0.3) is 0 Å². The summed E-state index contributed by atoms with van der Waals surface area (Å²) in [5.41, 5.74) is 5.12. The number of hydrogen-bond donors (Lipinski definition) is 2. The van der Waals surface area contributed by atoms with Crippen LogP contribution in [0.15, 0.2) is 18.3 Å². The Morgan fingerprint density at radius 2 is 2.00 bits per heavy atom. The Labute approximate surface area is 92.1 Å². The minimum atomic E-state index is 0.216. The Bertz CT molecular complexity index is 277. The molecular formula is C12H21N3. The van der Waals surface area contributed by atoms with Crippen molar-refractivity contribution in [2.24, 2.45) is 11.8 Å². The number of hydrogen-bond acceptors (Lipinski definition) is 3. The molecular weight excluding hydrogens is 186 g/mol. The maximum Gasteiger partial charge on any atom is 0.0503 e. The highest BCUT2D eigenvalue weighted by Crippen LogP contribution is 2.25. The normalized spacial score (nSPS) is 13.1. The summed E-state index contributed by atoms with van der Waals surface area (Å²) in [6, 6.07) is 4.35. The molecule has 1 aromatic heterocycles. The summed E-state index contributed by atoms with van der Waals surface area (Å²) in [4.78, 5) is 4.30. The molecule has 0 saturated heterocycles. The summed E-state index contributed by atoms with van der Waals surface area (Å²) in [7, 11) is 0. The molecule has 0 aliphatic carbocycles. The van der Waals surface area contributed by atoms with Crippen molar-refractivity contribution >= 4 is 0 Å². The van der Waals surface area contributed by atoms with Gasteiger partial charge in [-0.25, -0.2) is 0 Å². The average Bonchev–Trinajstić information content (AvgIpc) is 2.27. The fourth-order valence-corrected chi connectivity index (χ4v) is 1.93. The fraction of sp³-hybridized carbons (Fsp3) is 0.583. The third-order valence-electron chi connectivity index (χ3n) is 2.99. The van der Waals surface area contributed by atoms with Crippen molar-refractivity contribution < 1.29 is 0 Å². The number of aromatic nitrogens is 1. The first kappa shape index (κ1) is 12.1. The van der Waals surface area contributed by atoms with Crippen molar-refractivity contribution in [1.29, 1.82) is 0 Å². The molecule has 1 unspecified atom stereocenters. The molecule has 0 bridgehead atoms. The SMILES string of the molecule is CCC(CC)C(NN)c1ccc(C)nc1. The van der Waals surface area contributed by atoms with Gasteiger partial charge in [0.15, 0.2) is 0 Å². The van der Waals surface area contributed by atoms with Gasteiger partial charge >= 0.3 is 0 Å². The summed E-state index contributed by atoms with van der Waals surface area (Å²) in [6.45, 7) is 6.38. The molecule has 1 heterocycles. The molecule has 0 saturated carbocycles. The van der Waals surface area contributed by atoms with Crippen LogP contribution in [-0.4, -0.2) is 4.98 Å². The highest BCUT2D eigenvalue weighted by atomic mass is 15.2. The van der Waals surface area contributed by atoms with E-state index in [4.69, 9.17) is 5.84 Å². The Balaban J connectivity index is 2.86. The maximum atomic E-state index is 5.62. The minimum Gasteiger partial charge on any atom is -0.271 e. The van der Waals surface area contributed by atoms with Crippen molar-refractivity contribution in [3.8, 4) is 0 Å². The highest BCUT2D eigenvalue weighted by Gasteiger charge is 2.18. The minimum absolute atomic E-state index is 0.216. The van der Waals surface area contributed by atoms with Gasteiger partial charge in [0.1, 0.15) is 0 Å². The van der Waals surface area contributed by atoms with Gasteiger partial charge in [0, 0.05) is 11.9 Å². The molecule has 0 aliphatic heterocycles. The third-order valence-corrected chi connectivity index (χ3v) is 2.99. The van der Waals surface area contributed by atoms with Gasteiger partial charge in [-0.1, -0.05) is 32.8 Å². The van der Waals surface area contributed by atoms with E-state index in [-0.39, 0.29) is 6.04 Å². The predicted molar refractivity (Wildman–Crippen MR) is 63.1 cm³/mol. The molecule has 0 aliphatic rings. The van der Waals surface area contributed by atoms with E-state index in [0.29, 0.717) is 5.92 Å².